The van der Waals surface area contributed by atoms with Gasteiger partial charge in [0.15, 0.2) is 0 Å². The maximum atomic E-state index is 6.09. The van der Waals surface area contributed by atoms with Gasteiger partial charge in [-0.25, -0.2) is 4.98 Å². The number of hydrogen-bond acceptors (Lipinski definition) is 2. The van der Waals surface area contributed by atoms with Gasteiger partial charge in [0.2, 0.25) is 0 Å². The molecule has 4 rings (SSSR count). The third-order valence-electron chi connectivity index (χ3n) is 4.20. The van der Waals surface area contributed by atoms with E-state index >= 15 is 0 Å². The topological polar surface area (TPSA) is 21.1 Å². The average Bonchev–Trinajstić information content (AvgIpc) is 2.88. The highest BCUT2D eigenvalue weighted by Crippen LogP contribution is 2.27. The molecule has 3 aromatic rings. The number of hydrogen-bond donors (Lipinski definition) is 0. The number of imidazole rings is 1. The molecule has 4 heteroatoms. The van der Waals surface area contributed by atoms with Gasteiger partial charge in [0.25, 0.3) is 0 Å². The number of rotatable bonds is 3. The maximum Gasteiger partial charge on any atom is 0.100 e. The summed E-state index contributed by atoms with van der Waals surface area (Å²) in [6, 6.07) is 14.1. The molecular weight excluding hydrogens is 294 g/mol. The number of halogens is 1. The van der Waals surface area contributed by atoms with Crippen LogP contribution in [0.2, 0.25) is 5.02 Å². The van der Waals surface area contributed by atoms with E-state index < -0.39 is 0 Å². The monoisotopic (exact) mass is 309 g/mol. The average molecular weight is 310 g/mol. The Labute approximate surface area is 134 Å². The Bertz CT molecular complexity index is 862. The predicted molar refractivity (Wildman–Crippen MR) is 91.3 cm³/mol. The third kappa shape index (κ3) is 2.18. The molecule has 1 aliphatic heterocycles. The van der Waals surface area contributed by atoms with Gasteiger partial charge in [0.05, 0.1) is 11.0 Å². The van der Waals surface area contributed by atoms with Gasteiger partial charge in [0, 0.05) is 29.5 Å². The van der Waals surface area contributed by atoms with Gasteiger partial charge in [-0.1, -0.05) is 30.3 Å². The van der Waals surface area contributed by atoms with E-state index in [0.29, 0.717) is 0 Å². The number of benzene rings is 2. The molecule has 0 spiro atoms. The van der Waals surface area contributed by atoms with Crippen LogP contribution in [0.25, 0.3) is 22.4 Å². The predicted octanol–water partition coefficient (Wildman–Crippen LogP) is 4.36. The maximum absolute atomic E-state index is 6.09. The van der Waals surface area contributed by atoms with E-state index in [1.807, 2.05) is 30.6 Å². The Kier molecular flexibility index (Phi) is 3.16. The van der Waals surface area contributed by atoms with E-state index in [9.17, 15) is 0 Å². The minimum Gasteiger partial charge on any atom is -0.371 e. The van der Waals surface area contributed by atoms with Crippen LogP contribution in [-0.2, 0) is 0 Å². The SMILES string of the molecule is C=C(c1ccc2c(c1)ncn2-c1cccc(Cl)c1)N1CCC1. The van der Waals surface area contributed by atoms with E-state index in [4.69, 9.17) is 11.6 Å². The van der Waals surface area contributed by atoms with Crippen LogP contribution in [0.15, 0.2) is 55.4 Å². The van der Waals surface area contributed by atoms with Crippen molar-refractivity contribution in [2.75, 3.05) is 13.1 Å². The van der Waals surface area contributed by atoms with Gasteiger partial charge in [-0.2, -0.15) is 0 Å². The molecule has 22 heavy (non-hydrogen) atoms. The zero-order chi connectivity index (χ0) is 15.1. The normalized spacial score (nSPS) is 14.1. The lowest BCUT2D eigenvalue weighted by atomic mass is 10.1. The second-order valence-electron chi connectivity index (χ2n) is 5.59. The van der Waals surface area contributed by atoms with Crippen LogP contribution in [-0.4, -0.2) is 27.5 Å². The Morgan fingerprint density at radius 1 is 1.14 bits per heavy atom. The summed E-state index contributed by atoms with van der Waals surface area (Å²) in [5.74, 6) is 0. The first-order valence-electron chi connectivity index (χ1n) is 7.40. The first kappa shape index (κ1) is 13.4. The summed E-state index contributed by atoms with van der Waals surface area (Å²) in [6.07, 6.45) is 3.09. The summed E-state index contributed by atoms with van der Waals surface area (Å²) in [5.41, 5.74) is 5.29. The fraction of sp³-hybridized carbons (Fsp3) is 0.167. The fourth-order valence-electron chi connectivity index (χ4n) is 2.79. The van der Waals surface area contributed by atoms with Crippen LogP contribution in [0.4, 0.5) is 0 Å². The molecule has 0 amide bonds. The Balaban J connectivity index is 1.75. The van der Waals surface area contributed by atoms with Crippen molar-refractivity contribution in [1.82, 2.24) is 14.5 Å². The van der Waals surface area contributed by atoms with E-state index in [-0.39, 0.29) is 0 Å². The van der Waals surface area contributed by atoms with E-state index in [0.717, 1.165) is 46.1 Å². The van der Waals surface area contributed by atoms with Crippen molar-refractivity contribution in [3.05, 3.63) is 66.0 Å². The third-order valence-corrected chi connectivity index (χ3v) is 4.44. The first-order chi connectivity index (χ1) is 10.7. The summed E-state index contributed by atoms with van der Waals surface area (Å²) >= 11 is 6.09. The minimum absolute atomic E-state index is 0.724. The zero-order valence-electron chi connectivity index (χ0n) is 12.2. The molecule has 0 radical (unpaired) electrons. The standard InChI is InChI=1S/C18H16ClN3/c1-13(21-8-3-9-21)14-6-7-18-17(10-14)20-12-22(18)16-5-2-4-15(19)11-16/h2,4-7,10-12H,1,3,8-9H2. The lowest BCUT2D eigenvalue weighted by molar-refractivity contribution is 0.282. The number of nitrogens with zero attached hydrogens (tertiary/aromatic N) is 3. The highest BCUT2D eigenvalue weighted by atomic mass is 35.5. The molecule has 1 fully saturated rings. The van der Waals surface area contributed by atoms with Crippen LogP contribution in [0.3, 0.4) is 0 Å². The van der Waals surface area contributed by atoms with Crippen molar-refractivity contribution in [2.45, 2.75) is 6.42 Å². The molecule has 0 atom stereocenters. The molecule has 0 saturated carbocycles. The lowest BCUT2D eigenvalue weighted by Gasteiger charge is -2.34. The molecule has 1 aliphatic rings. The molecule has 2 aromatic carbocycles. The number of fused-ring (bicyclic) bond motifs is 1. The molecule has 3 nitrogen and oxygen atoms in total. The second kappa shape index (κ2) is 5.18. The zero-order valence-corrected chi connectivity index (χ0v) is 12.9. The highest BCUT2D eigenvalue weighted by molar-refractivity contribution is 6.30. The fourth-order valence-corrected chi connectivity index (χ4v) is 2.98. The molecular formula is C18H16ClN3. The van der Waals surface area contributed by atoms with Crippen LogP contribution in [0.5, 0.6) is 0 Å². The van der Waals surface area contributed by atoms with Crippen molar-refractivity contribution in [3.63, 3.8) is 0 Å². The Morgan fingerprint density at radius 3 is 2.73 bits per heavy atom. The highest BCUT2D eigenvalue weighted by Gasteiger charge is 2.17. The molecule has 0 aliphatic carbocycles. The number of aromatic nitrogens is 2. The van der Waals surface area contributed by atoms with Crippen molar-refractivity contribution in [2.24, 2.45) is 0 Å². The van der Waals surface area contributed by atoms with E-state index in [2.05, 4.69) is 39.2 Å². The van der Waals surface area contributed by atoms with Gasteiger partial charge < -0.3 is 4.90 Å². The summed E-state index contributed by atoms with van der Waals surface area (Å²) in [4.78, 5) is 6.83. The van der Waals surface area contributed by atoms with Gasteiger partial charge in [-0.15, -0.1) is 0 Å². The smallest absolute Gasteiger partial charge is 0.100 e. The van der Waals surface area contributed by atoms with Gasteiger partial charge in [0.1, 0.15) is 6.33 Å². The van der Waals surface area contributed by atoms with E-state index in [1.54, 1.807) is 0 Å². The summed E-state index contributed by atoms with van der Waals surface area (Å²) in [6.45, 7) is 6.41. The summed E-state index contributed by atoms with van der Waals surface area (Å²) in [7, 11) is 0. The summed E-state index contributed by atoms with van der Waals surface area (Å²) in [5, 5.41) is 0.724. The van der Waals surface area contributed by atoms with Crippen LogP contribution < -0.4 is 0 Å². The van der Waals surface area contributed by atoms with Gasteiger partial charge in [-0.3, -0.25) is 4.57 Å². The first-order valence-corrected chi connectivity index (χ1v) is 7.77. The Morgan fingerprint density at radius 2 is 2.00 bits per heavy atom. The Hall–Kier alpha value is -2.26. The van der Waals surface area contributed by atoms with Gasteiger partial charge in [-0.05, 0) is 42.3 Å². The molecule has 1 saturated heterocycles. The largest absolute Gasteiger partial charge is 0.371 e. The molecule has 0 N–H and O–H groups in total. The van der Waals surface area contributed by atoms with Crippen LogP contribution >= 0.6 is 11.6 Å². The minimum atomic E-state index is 0.724. The van der Waals surface area contributed by atoms with Crippen LogP contribution in [0, 0.1) is 0 Å². The number of likely N-dealkylation sites (tertiary alicyclic amines) is 1. The molecule has 0 bridgehead atoms. The molecule has 2 heterocycles. The van der Waals surface area contributed by atoms with Crippen molar-refractivity contribution < 1.29 is 0 Å². The lowest BCUT2D eigenvalue weighted by Crippen LogP contribution is -2.34. The van der Waals surface area contributed by atoms with Crippen LogP contribution in [0.1, 0.15) is 12.0 Å². The quantitative estimate of drug-likeness (QED) is 0.717. The van der Waals surface area contributed by atoms with Crippen molar-refractivity contribution >= 4 is 28.3 Å². The van der Waals surface area contributed by atoms with Gasteiger partial charge >= 0.3 is 0 Å². The summed E-state index contributed by atoms with van der Waals surface area (Å²) < 4.78 is 2.05. The second-order valence-corrected chi connectivity index (χ2v) is 6.02. The molecule has 110 valence electrons. The molecule has 1 aromatic heterocycles. The molecule has 0 unspecified atom stereocenters. The van der Waals surface area contributed by atoms with Crippen molar-refractivity contribution in [3.8, 4) is 5.69 Å². The van der Waals surface area contributed by atoms with Crippen molar-refractivity contribution in [1.29, 1.82) is 0 Å². The van der Waals surface area contributed by atoms with E-state index in [1.165, 1.54) is 6.42 Å².